The molecule has 0 atom stereocenters. The van der Waals surface area contributed by atoms with Crippen molar-refractivity contribution in [1.29, 1.82) is 0 Å². The van der Waals surface area contributed by atoms with Gasteiger partial charge in [0.2, 0.25) is 0 Å². The van der Waals surface area contributed by atoms with Crippen molar-refractivity contribution in [2.75, 3.05) is 6.61 Å². The molecule has 3 heteroatoms. The van der Waals surface area contributed by atoms with Crippen LogP contribution in [0.25, 0.3) is 6.08 Å². The molecule has 2 aromatic carbocycles. The number of carbonyl (C=O) groups excluding carboxylic acids is 1. The van der Waals surface area contributed by atoms with E-state index in [0.717, 1.165) is 22.1 Å². The maximum absolute atomic E-state index is 12.8. The van der Waals surface area contributed by atoms with Crippen LogP contribution in [-0.4, -0.2) is 21.2 Å². The molecule has 0 aromatic heterocycles. The van der Waals surface area contributed by atoms with Crippen molar-refractivity contribution in [3.05, 3.63) is 65.7 Å². The minimum absolute atomic E-state index is 0.0693. The second kappa shape index (κ2) is 7.23. The van der Waals surface area contributed by atoms with Gasteiger partial charge in [-0.15, -0.1) is 0 Å². The standard InChI is InChI=1S/C19H21O2Si/c1-5-14-7-9-15(10-8-14)19(20)17-12-11-16(21-6-2)13-18(17)22(3)4/h5,7-13H,1,6H2,2-4H3. The third-order valence-corrected chi connectivity index (χ3v) is 4.98. The average molecular weight is 309 g/mol. The summed E-state index contributed by atoms with van der Waals surface area (Å²) < 4.78 is 5.56. The number of carbonyl (C=O) groups is 1. The minimum Gasteiger partial charge on any atom is -0.494 e. The lowest BCUT2D eigenvalue weighted by atomic mass is 10.0. The smallest absolute Gasteiger partial charge is 0.192 e. The molecule has 0 spiro atoms. The van der Waals surface area contributed by atoms with Crippen LogP contribution >= 0.6 is 0 Å². The molecule has 1 radical (unpaired) electrons. The van der Waals surface area contributed by atoms with Crippen LogP contribution in [0, 0.1) is 0 Å². The van der Waals surface area contributed by atoms with Gasteiger partial charge in [-0.05, 0) is 35.9 Å². The molecular formula is C19H21O2Si. The molecule has 0 aliphatic carbocycles. The highest BCUT2D eigenvalue weighted by molar-refractivity contribution is 6.72. The summed E-state index contributed by atoms with van der Waals surface area (Å²) in [6, 6.07) is 13.3. The highest BCUT2D eigenvalue weighted by Gasteiger charge is 2.17. The monoisotopic (exact) mass is 309 g/mol. The lowest BCUT2D eigenvalue weighted by molar-refractivity contribution is 0.103. The first kappa shape index (κ1) is 16.2. The topological polar surface area (TPSA) is 26.3 Å². The fourth-order valence-corrected chi connectivity index (χ4v) is 3.48. The molecule has 0 bridgehead atoms. The Bertz CT molecular complexity index is 672. The van der Waals surface area contributed by atoms with Gasteiger partial charge in [-0.1, -0.05) is 50.0 Å². The Morgan fingerprint density at radius 1 is 1.18 bits per heavy atom. The van der Waals surface area contributed by atoms with E-state index in [1.165, 1.54) is 0 Å². The average Bonchev–Trinajstić information content (AvgIpc) is 2.54. The predicted octanol–water partition coefficient (Wildman–Crippen LogP) is 3.92. The van der Waals surface area contributed by atoms with E-state index < -0.39 is 8.80 Å². The van der Waals surface area contributed by atoms with E-state index in [-0.39, 0.29) is 5.78 Å². The first-order valence-electron chi connectivity index (χ1n) is 7.41. The third-order valence-electron chi connectivity index (χ3n) is 3.49. The van der Waals surface area contributed by atoms with Crippen molar-refractivity contribution in [1.82, 2.24) is 0 Å². The Labute approximate surface area is 134 Å². The van der Waals surface area contributed by atoms with E-state index in [0.29, 0.717) is 12.2 Å². The van der Waals surface area contributed by atoms with E-state index in [1.54, 1.807) is 6.08 Å². The molecule has 0 saturated carbocycles. The van der Waals surface area contributed by atoms with Crippen molar-refractivity contribution < 1.29 is 9.53 Å². The Balaban J connectivity index is 2.41. The molecule has 0 N–H and O–H groups in total. The quantitative estimate of drug-likeness (QED) is 0.597. The Morgan fingerprint density at radius 3 is 2.41 bits per heavy atom. The van der Waals surface area contributed by atoms with Crippen LogP contribution in [0.5, 0.6) is 5.75 Å². The fourth-order valence-electron chi connectivity index (χ4n) is 2.32. The van der Waals surface area contributed by atoms with Gasteiger partial charge in [-0.25, -0.2) is 0 Å². The van der Waals surface area contributed by atoms with E-state index in [4.69, 9.17) is 4.74 Å². The molecule has 0 saturated heterocycles. The van der Waals surface area contributed by atoms with Crippen LogP contribution in [0.1, 0.15) is 28.4 Å². The highest BCUT2D eigenvalue weighted by Crippen LogP contribution is 2.16. The molecule has 0 aliphatic heterocycles. The number of hydrogen-bond donors (Lipinski definition) is 0. The van der Waals surface area contributed by atoms with Gasteiger partial charge >= 0.3 is 0 Å². The van der Waals surface area contributed by atoms with Gasteiger partial charge < -0.3 is 4.74 Å². The fraction of sp³-hybridized carbons (Fsp3) is 0.211. The van der Waals surface area contributed by atoms with E-state index in [9.17, 15) is 4.79 Å². The first-order chi connectivity index (χ1) is 10.6. The molecular weight excluding hydrogens is 288 g/mol. The maximum Gasteiger partial charge on any atom is 0.192 e. The molecule has 2 nitrogen and oxygen atoms in total. The summed E-state index contributed by atoms with van der Waals surface area (Å²) in [7, 11) is -0.763. The van der Waals surface area contributed by atoms with E-state index >= 15 is 0 Å². The zero-order valence-corrected chi connectivity index (χ0v) is 14.3. The normalized spacial score (nSPS) is 10.5. The summed E-state index contributed by atoms with van der Waals surface area (Å²) in [5.41, 5.74) is 2.51. The summed E-state index contributed by atoms with van der Waals surface area (Å²) in [6.45, 7) is 10.7. The van der Waals surface area contributed by atoms with Crippen LogP contribution in [-0.2, 0) is 0 Å². The van der Waals surface area contributed by atoms with Crippen molar-refractivity contribution >= 4 is 25.8 Å². The van der Waals surface area contributed by atoms with Gasteiger partial charge in [0, 0.05) is 11.1 Å². The predicted molar refractivity (Wildman–Crippen MR) is 94.7 cm³/mol. The highest BCUT2D eigenvalue weighted by atomic mass is 28.3. The SMILES string of the molecule is C=Cc1ccc(C(=O)c2ccc(OCC)cc2[Si](C)C)cc1. The summed E-state index contributed by atoms with van der Waals surface area (Å²) >= 11 is 0. The lowest BCUT2D eigenvalue weighted by Gasteiger charge is -2.13. The number of benzene rings is 2. The largest absolute Gasteiger partial charge is 0.494 e. The molecule has 0 unspecified atom stereocenters. The second-order valence-electron chi connectivity index (χ2n) is 5.30. The van der Waals surface area contributed by atoms with Crippen LogP contribution in [0.4, 0.5) is 0 Å². The van der Waals surface area contributed by atoms with Crippen molar-refractivity contribution in [3.8, 4) is 5.75 Å². The van der Waals surface area contributed by atoms with Crippen molar-refractivity contribution in [2.24, 2.45) is 0 Å². The first-order valence-corrected chi connectivity index (χ1v) is 9.91. The van der Waals surface area contributed by atoms with Crippen LogP contribution < -0.4 is 9.92 Å². The zero-order valence-electron chi connectivity index (χ0n) is 13.3. The summed E-state index contributed by atoms with van der Waals surface area (Å²) in [5.74, 6) is 0.905. The van der Waals surface area contributed by atoms with Gasteiger partial charge in [0.25, 0.3) is 0 Å². The Kier molecular flexibility index (Phi) is 5.34. The molecule has 0 heterocycles. The van der Waals surface area contributed by atoms with Crippen molar-refractivity contribution in [2.45, 2.75) is 20.0 Å². The molecule has 0 aliphatic rings. The summed E-state index contributed by atoms with van der Waals surface area (Å²) in [6.07, 6.45) is 1.77. The molecule has 2 aromatic rings. The molecule has 113 valence electrons. The number of ketones is 1. The number of hydrogen-bond acceptors (Lipinski definition) is 2. The molecule has 0 fully saturated rings. The molecule has 2 rings (SSSR count). The summed E-state index contributed by atoms with van der Waals surface area (Å²) in [5, 5.41) is 1.12. The van der Waals surface area contributed by atoms with Gasteiger partial charge in [0.1, 0.15) is 5.75 Å². The van der Waals surface area contributed by atoms with Gasteiger partial charge in [-0.2, -0.15) is 0 Å². The van der Waals surface area contributed by atoms with Crippen LogP contribution in [0.2, 0.25) is 13.1 Å². The van der Waals surface area contributed by atoms with Crippen LogP contribution in [0.3, 0.4) is 0 Å². The molecule has 22 heavy (non-hydrogen) atoms. The minimum atomic E-state index is -0.763. The molecule has 0 amide bonds. The van der Waals surface area contributed by atoms with Crippen molar-refractivity contribution in [3.63, 3.8) is 0 Å². The van der Waals surface area contributed by atoms with E-state index in [2.05, 4.69) is 19.7 Å². The number of rotatable bonds is 6. The van der Waals surface area contributed by atoms with Crippen LogP contribution in [0.15, 0.2) is 49.0 Å². The lowest BCUT2D eigenvalue weighted by Crippen LogP contribution is -2.29. The Morgan fingerprint density at radius 2 is 1.86 bits per heavy atom. The van der Waals surface area contributed by atoms with Gasteiger partial charge in [-0.3, -0.25) is 4.79 Å². The van der Waals surface area contributed by atoms with E-state index in [1.807, 2.05) is 49.4 Å². The zero-order chi connectivity index (χ0) is 16.1. The third kappa shape index (κ3) is 3.54. The van der Waals surface area contributed by atoms with Gasteiger partial charge in [0.15, 0.2) is 5.78 Å². The second-order valence-corrected chi connectivity index (χ2v) is 7.83. The number of ether oxygens (including phenoxy) is 1. The Hall–Kier alpha value is -2.13. The summed E-state index contributed by atoms with van der Waals surface area (Å²) in [4.78, 5) is 12.8. The van der Waals surface area contributed by atoms with Gasteiger partial charge in [0.05, 0.1) is 15.4 Å². The maximum atomic E-state index is 12.8.